The predicted molar refractivity (Wildman–Crippen MR) is 112 cm³/mol. The summed E-state index contributed by atoms with van der Waals surface area (Å²) in [6.45, 7) is 15.7. The number of rotatable bonds is 6. The summed E-state index contributed by atoms with van der Waals surface area (Å²) in [6, 6.07) is 6.08. The van der Waals surface area contributed by atoms with Crippen molar-refractivity contribution in [1.82, 2.24) is 4.90 Å². The number of nitrogens with two attached hydrogens (primary N) is 1. The van der Waals surface area contributed by atoms with Gasteiger partial charge in [-0.3, -0.25) is 0 Å². The third-order valence-electron chi connectivity index (χ3n) is 6.18. The Hall–Kier alpha value is -1.08. The van der Waals surface area contributed by atoms with E-state index in [4.69, 9.17) is 19.6 Å². The van der Waals surface area contributed by atoms with Gasteiger partial charge < -0.3 is 24.5 Å². The SMILES string of the molecule is CC(C)(C)[Si](C)(C)OC(c1ccc2c(c1)OCCO2)[C@H](N)CN1CCCC1. The number of hydrogen-bond donors (Lipinski definition) is 1. The van der Waals surface area contributed by atoms with E-state index in [0.717, 1.165) is 36.7 Å². The molecule has 2 atom stereocenters. The number of hydrogen-bond acceptors (Lipinski definition) is 5. The van der Waals surface area contributed by atoms with Gasteiger partial charge in [-0.1, -0.05) is 26.8 Å². The summed E-state index contributed by atoms with van der Waals surface area (Å²) in [6.07, 6.45) is 2.40. The number of ether oxygens (including phenoxy) is 2. The second-order valence-electron chi connectivity index (χ2n) is 9.37. The molecule has 0 bridgehead atoms. The Morgan fingerprint density at radius 3 is 2.37 bits per heavy atom. The van der Waals surface area contributed by atoms with Crippen LogP contribution in [-0.2, 0) is 4.43 Å². The van der Waals surface area contributed by atoms with Crippen molar-refractivity contribution in [2.24, 2.45) is 5.73 Å². The van der Waals surface area contributed by atoms with Crippen molar-refractivity contribution in [2.45, 2.75) is 63.9 Å². The molecule has 1 fully saturated rings. The molecular weight excluding hydrogens is 356 g/mol. The number of fused-ring (bicyclic) bond motifs is 1. The minimum absolute atomic E-state index is 0.0696. The molecule has 2 heterocycles. The van der Waals surface area contributed by atoms with Gasteiger partial charge in [0, 0.05) is 12.6 Å². The van der Waals surface area contributed by atoms with Crippen molar-refractivity contribution in [1.29, 1.82) is 0 Å². The highest BCUT2D eigenvalue weighted by atomic mass is 28.4. The van der Waals surface area contributed by atoms with Gasteiger partial charge >= 0.3 is 0 Å². The summed E-state index contributed by atoms with van der Waals surface area (Å²) in [5.41, 5.74) is 7.83. The average Bonchev–Trinajstić information content (AvgIpc) is 3.11. The Morgan fingerprint density at radius 1 is 1.11 bits per heavy atom. The maximum atomic E-state index is 6.84. The van der Waals surface area contributed by atoms with Crippen LogP contribution in [0.25, 0.3) is 0 Å². The molecule has 0 amide bonds. The van der Waals surface area contributed by atoms with Gasteiger partial charge in [-0.05, 0) is 61.8 Å². The molecule has 6 heteroatoms. The summed E-state index contributed by atoms with van der Waals surface area (Å²) < 4.78 is 18.3. The molecule has 5 nitrogen and oxygen atoms in total. The van der Waals surface area contributed by atoms with E-state index in [1.54, 1.807) is 0 Å². The zero-order valence-electron chi connectivity index (χ0n) is 17.6. The smallest absolute Gasteiger partial charge is 0.192 e. The molecular formula is C21H36N2O3Si. The Morgan fingerprint density at radius 2 is 1.74 bits per heavy atom. The van der Waals surface area contributed by atoms with E-state index in [0.29, 0.717) is 13.2 Å². The van der Waals surface area contributed by atoms with E-state index in [1.807, 2.05) is 6.07 Å². The number of likely N-dealkylation sites (tertiary alicyclic amines) is 1. The zero-order chi connectivity index (χ0) is 19.7. The zero-order valence-corrected chi connectivity index (χ0v) is 18.6. The predicted octanol–water partition coefficient (Wildman–Crippen LogP) is 3.94. The maximum Gasteiger partial charge on any atom is 0.192 e. The van der Waals surface area contributed by atoms with Gasteiger partial charge in [0.15, 0.2) is 19.8 Å². The van der Waals surface area contributed by atoms with E-state index in [9.17, 15) is 0 Å². The Kier molecular flexibility index (Phi) is 6.20. The molecule has 2 aliphatic rings. The van der Waals surface area contributed by atoms with Crippen molar-refractivity contribution < 1.29 is 13.9 Å². The van der Waals surface area contributed by atoms with Gasteiger partial charge in [0.2, 0.25) is 0 Å². The summed E-state index contributed by atoms with van der Waals surface area (Å²) in [7, 11) is -1.98. The largest absolute Gasteiger partial charge is 0.486 e. The fourth-order valence-corrected chi connectivity index (χ4v) is 4.79. The molecule has 27 heavy (non-hydrogen) atoms. The van der Waals surface area contributed by atoms with E-state index in [-0.39, 0.29) is 17.2 Å². The first-order valence-corrected chi connectivity index (χ1v) is 13.1. The van der Waals surface area contributed by atoms with Gasteiger partial charge in [0.05, 0.1) is 6.10 Å². The highest BCUT2D eigenvalue weighted by Gasteiger charge is 2.41. The van der Waals surface area contributed by atoms with Crippen LogP contribution in [0.1, 0.15) is 45.3 Å². The molecule has 0 aromatic heterocycles. The minimum atomic E-state index is -1.98. The lowest BCUT2D eigenvalue weighted by Gasteiger charge is -2.41. The van der Waals surface area contributed by atoms with Crippen LogP contribution < -0.4 is 15.2 Å². The van der Waals surface area contributed by atoms with Crippen molar-refractivity contribution in [2.75, 3.05) is 32.8 Å². The summed E-state index contributed by atoms with van der Waals surface area (Å²) in [4.78, 5) is 2.46. The van der Waals surface area contributed by atoms with Crippen molar-refractivity contribution in [3.05, 3.63) is 23.8 Å². The first-order chi connectivity index (χ1) is 12.7. The standard InChI is InChI=1S/C21H36N2O3Si/c1-21(2,3)27(4,5)26-20(17(22)15-23-10-6-7-11-23)16-8-9-18-19(14-16)25-13-12-24-18/h8-9,14,17,20H,6-7,10-13,15,22H2,1-5H3/t17-,20?/m1/s1. The van der Waals surface area contributed by atoms with E-state index in [1.165, 1.54) is 12.8 Å². The van der Waals surface area contributed by atoms with Crippen LogP contribution in [0.5, 0.6) is 11.5 Å². The lowest BCUT2D eigenvalue weighted by Crippen LogP contribution is -2.48. The number of benzene rings is 1. The quantitative estimate of drug-likeness (QED) is 0.743. The second kappa shape index (κ2) is 8.11. The summed E-state index contributed by atoms with van der Waals surface area (Å²) in [5.74, 6) is 1.61. The highest BCUT2D eigenvalue weighted by molar-refractivity contribution is 6.74. The Labute approximate surface area is 165 Å². The van der Waals surface area contributed by atoms with Crippen LogP contribution in [0, 0.1) is 0 Å². The van der Waals surface area contributed by atoms with Crippen molar-refractivity contribution in [3.63, 3.8) is 0 Å². The molecule has 2 aliphatic heterocycles. The van der Waals surface area contributed by atoms with Crippen molar-refractivity contribution >= 4 is 8.32 Å². The van der Waals surface area contributed by atoms with Gasteiger partial charge in [-0.25, -0.2) is 0 Å². The first kappa shape index (κ1) is 20.6. The second-order valence-corrected chi connectivity index (χ2v) is 14.1. The molecule has 0 saturated carbocycles. The van der Waals surface area contributed by atoms with Crippen LogP contribution in [0.2, 0.25) is 18.1 Å². The van der Waals surface area contributed by atoms with Gasteiger partial charge in [-0.2, -0.15) is 0 Å². The van der Waals surface area contributed by atoms with Crippen LogP contribution >= 0.6 is 0 Å². The molecule has 0 aliphatic carbocycles. The average molecular weight is 393 g/mol. The topological polar surface area (TPSA) is 57.0 Å². The lowest BCUT2D eigenvalue weighted by atomic mass is 10.0. The molecule has 2 N–H and O–H groups in total. The molecule has 0 radical (unpaired) electrons. The van der Waals surface area contributed by atoms with Crippen LogP contribution in [0.4, 0.5) is 0 Å². The Balaban J connectivity index is 1.86. The van der Waals surface area contributed by atoms with Gasteiger partial charge in [0.1, 0.15) is 13.2 Å². The van der Waals surface area contributed by atoms with E-state index >= 15 is 0 Å². The fourth-order valence-electron chi connectivity index (χ4n) is 3.49. The van der Waals surface area contributed by atoms with Crippen molar-refractivity contribution in [3.8, 4) is 11.5 Å². The highest BCUT2D eigenvalue weighted by Crippen LogP contribution is 2.42. The maximum absolute atomic E-state index is 6.84. The summed E-state index contributed by atoms with van der Waals surface area (Å²) in [5, 5.41) is 0.131. The normalized spacial score (nSPS) is 20.5. The molecule has 1 aromatic carbocycles. The van der Waals surface area contributed by atoms with E-state index < -0.39 is 8.32 Å². The van der Waals surface area contributed by atoms with Crippen LogP contribution in [0.15, 0.2) is 18.2 Å². The number of nitrogens with zero attached hydrogens (tertiary/aromatic N) is 1. The third-order valence-corrected chi connectivity index (χ3v) is 10.6. The summed E-state index contributed by atoms with van der Waals surface area (Å²) >= 11 is 0. The fraction of sp³-hybridized carbons (Fsp3) is 0.714. The molecule has 152 valence electrons. The first-order valence-electron chi connectivity index (χ1n) is 10.2. The molecule has 3 rings (SSSR count). The lowest BCUT2D eigenvalue weighted by molar-refractivity contribution is 0.131. The van der Waals surface area contributed by atoms with Gasteiger partial charge in [0.25, 0.3) is 0 Å². The molecule has 1 aromatic rings. The van der Waals surface area contributed by atoms with Crippen LogP contribution in [0.3, 0.4) is 0 Å². The minimum Gasteiger partial charge on any atom is -0.486 e. The monoisotopic (exact) mass is 392 g/mol. The van der Waals surface area contributed by atoms with E-state index in [2.05, 4.69) is 50.9 Å². The molecule has 1 unspecified atom stereocenters. The molecule has 1 saturated heterocycles. The van der Waals surface area contributed by atoms with Gasteiger partial charge in [-0.15, -0.1) is 0 Å². The Bertz CT molecular complexity index is 639. The third kappa shape index (κ3) is 4.85. The van der Waals surface area contributed by atoms with Crippen LogP contribution in [-0.4, -0.2) is 52.1 Å². The molecule has 0 spiro atoms.